The first-order chi connectivity index (χ1) is 11.9. The molecule has 1 aromatic carbocycles. The third kappa shape index (κ3) is 3.21. The highest BCUT2D eigenvalue weighted by Gasteiger charge is 2.26. The molecule has 25 heavy (non-hydrogen) atoms. The van der Waals surface area contributed by atoms with E-state index in [9.17, 15) is 4.39 Å². The predicted molar refractivity (Wildman–Crippen MR) is 101 cm³/mol. The first-order valence-electron chi connectivity index (χ1n) is 8.59. The van der Waals surface area contributed by atoms with E-state index in [4.69, 9.17) is 10.4 Å². The molecular formula is C21H24FN3. The van der Waals surface area contributed by atoms with Gasteiger partial charge in [0.25, 0.3) is 0 Å². The Kier molecular flexibility index (Phi) is 4.71. The van der Waals surface area contributed by atoms with Crippen LogP contribution in [0.4, 0.5) is 4.39 Å². The number of halogens is 1. The standard InChI is InChI=1S/C21H24FN3/c1-13(2)21-20(14-5-7-17(22)8-6-14)18-9-15(11-23)19(25(3)4)10-16(18)12-24-21/h5-8,10-13,15,23H,9H2,1-4H3. The number of rotatable bonds is 4. The van der Waals surface area contributed by atoms with Crippen molar-refractivity contribution in [3.8, 4) is 11.1 Å². The lowest BCUT2D eigenvalue weighted by Crippen LogP contribution is -2.25. The Balaban J connectivity index is 2.25. The maximum absolute atomic E-state index is 13.4. The Labute approximate surface area is 148 Å². The van der Waals surface area contributed by atoms with Gasteiger partial charge in [-0.3, -0.25) is 4.98 Å². The van der Waals surface area contributed by atoms with E-state index in [-0.39, 0.29) is 17.7 Å². The minimum Gasteiger partial charge on any atom is -0.380 e. The predicted octanol–water partition coefficient (Wildman–Crippen LogP) is 4.74. The highest BCUT2D eigenvalue weighted by atomic mass is 19.1. The van der Waals surface area contributed by atoms with Crippen LogP contribution < -0.4 is 0 Å². The van der Waals surface area contributed by atoms with Gasteiger partial charge in [0.15, 0.2) is 0 Å². The summed E-state index contributed by atoms with van der Waals surface area (Å²) in [6, 6.07) is 6.64. The minimum atomic E-state index is -0.236. The van der Waals surface area contributed by atoms with E-state index >= 15 is 0 Å². The zero-order chi connectivity index (χ0) is 18.1. The van der Waals surface area contributed by atoms with E-state index in [2.05, 4.69) is 24.8 Å². The number of pyridine rings is 1. The van der Waals surface area contributed by atoms with Crippen molar-refractivity contribution in [1.29, 1.82) is 5.41 Å². The molecule has 1 heterocycles. The van der Waals surface area contributed by atoms with Crippen LogP contribution in [-0.2, 0) is 6.42 Å². The molecule has 0 spiro atoms. The zero-order valence-electron chi connectivity index (χ0n) is 15.2. The van der Waals surface area contributed by atoms with Crippen LogP contribution in [0, 0.1) is 17.1 Å². The van der Waals surface area contributed by atoms with Crippen molar-refractivity contribution in [3.63, 3.8) is 0 Å². The highest BCUT2D eigenvalue weighted by molar-refractivity contribution is 5.79. The lowest BCUT2D eigenvalue weighted by Gasteiger charge is -2.30. The number of aromatic nitrogens is 1. The highest BCUT2D eigenvalue weighted by Crippen LogP contribution is 2.38. The number of allylic oxidation sites excluding steroid dienone is 1. The van der Waals surface area contributed by atoms with Gasteiger partial charge in [0.05, 0.1) is 5.69 Å². The molecule has 0 amide bonds. The van der Waals surface area contributed by atoms with Crippen LogP contribution in [0.5, 0.6) is 0 Å². The lowest BCUT2D eigenvalue weighted by atomic mass is 9.81. The number of nitrogens with zero attached hydrogens (tertiary/aromatic N) is 2. The Morgan fingerprint density at radius 1 is 1.24 bits per heavy atom. The Morgan fingerprint density at radius 3 is 2.48 bits per heavy atom. The summed E-state index contributed by atoms with van der Waals surface area (Å²) in [6.45, 7) is 4.25. The van der Waals surface area contributed by atoms with Crippen LogP contribution in [0.3, 0.4) is 0 Å². The molecule has 130 valence electrons. The molecule has 1 aromatic heterocycles. The zero-order valence-corrected chi connectivity index (χ0v) is 15.2. The van der Waals surface area contributed by atoms with Gasteiger partial charge < -0.3 is 10.3 Å². The summed E-state index contributed by atoms with van der Waals surface area (Å²) in [7, 11) is 4.01. The summed E-state index contributed by atoms with van der Waals surface area (Å²) >= 11 is 0. The Morgan fingerprint density at radius 2 is 1.92 bits per heavy atom. The van der Waals surface area contributed by atoms with Crippen molar-refractivity contribution in [2.75, 3.05) is 14.1 Å². The fraction of sp³-hybridized carbons (Fsp3) is 0.333. The van der Waals surface area contributed by atoms with Crippen LogP contribution >= 0.6 is 0 Å². The number of nitrogens with one attached hydrogen (secondary N) is 1. The average Bonchev–Trinajstić information content (AvgIpc) is 2.60. The molecule has 0 saturated carbocycles. The van der Waals surface area contributed by atoms with Crippen molar-refractivity contribution in [3.05, 3.63) is 58.8 Å². The first kappa shape index (κ1) is 17.3. The van der Waals surface area contributed by atoms with Crippen LogP contribution in [-0.4, -0.2) is 30.2 Å². The molecule has 1 atom stereocenters. The SMILES string of the molecule is CC(C)c1ncc2c(c1-c1ccc(F)cc1)CC(C=N)C(N(C)C)=C2. The summed E-state index contributed by atoms with van der Waals surface area (Å²) in [5.41, 5.74) is 6.51. The van der Waals surface area contributed by atoms with Crippen molar-refractivity contribution in [2.24, 2.45) is 5.92 Å². The normalized spacial score (nSPS) is 16.4. The Hall–Kier alpha value is -2.49. The molecule has 1 aliphatic carbocycles. The molecule has 0 radical (unpaired) electrons. The van der Waals surface area contributed by atoms with Crippen molar-refractivity contribution in [2.45, 2.75) is 26.2 Å². The monoisotopic (exact) mass is 337 g/mol. The van der Waals surface area contributed by atoms with Crippen molar-refractivity contribution < 1.29 is 4.39 Å². The van der Waals surface area contributed by atoms with E-state index < -0.39 is 0 Å². The van der Waals surface area contributed by atoms with Gasteiger partial charge in [0.1, 0.15) is 5.82 Å². The molecule has 3 rings (SSSR count). The number of fused-ring (bicyclic) bond motifs is 1. The van der Waals surface area contributed by atoms with Crippen LogP contribution in [0.15, 0.2) is 36.2 Å². The molecule has 3 nitrogen and oxygen atoms in total. The van der Waals surface area contributed by atoms with Gasteiger partial charge >= 0.3 is 0 Å². The fourth-order valence-corrected chi connectivity index (χ4v) is 3.50. The fourth-order valence-electron chi connectivity index (χ4n) is 3.50. The van der Waals surface area contributed by atoms with E-state index in [0.717, 1.165) is 34.5 Å². The summed E-state index contributed by atoms with van der Waals surface area (Å²) in [5.74, 6) is 0.0758. The smallest absolute Gasteiger partial charge is 0.123 e. The number of hydrogen-bond donors (Lipinski definition) is 1. The second-order valence-corrected chi connectivity index (χ2v) is 7.05. The molecule has 0 saturated heterocycles. The maximum atomic E-state index is 13.4. The van der Waals surface area contributed by atoms with E-state index in [1.165, 1.54) is 23.9 Å². The summed E-state index contributed by atoms with van der Waals surface area (Å²) in [4.78, 5) is 6.78. The topological polar surface area (TPSA) is 40.0 Å². The largest absolute Gasteiger partial charge is 0.380 e. The molecule has 4 heteroatoms. The summed E-state index contributed by atoms with van der Waals surface area (Å²) in [5, 5.41) is 7.85. The number of benzene rings is 1. The average molecular weight is 337 g/mol. The molecule has 0 fully saturated rings. The summed E-state index contributed by atoms with van der Waals surface area (Å²) < 4.78 is 13.4. The van der Waals surface area contributed by atoms with Gasteiger partial charge in [-0.05, 0) is 47.2 Å². The minimum absolute atomic E-state index is 0.0455. The third-order valence-corrected chi connectivity index (χ3v) is 4.75. The van der Waals surface area contributed by atoms with Crippen molar-refractivity contribution >= 4 is 12.3 Å². The molecule has 2 aromatic rings. The third-order valence-electron chi connectivity index (χ3n) is 4.75. The van der Waals surface area contributed by atoms with Gasteiger partial charge in [-0.15, -0.1) is 0 Å². The van der Waals surface area contributed by atoms with E-state index in [0.29, 0.717) is 0 Å². The molecule has 1 N–H and O–H groups in total. The van der Waals surface area contributed by atoms with Crippen LogP contribution in [0.1, 0.15) is 36.6 Å². The quantitative estimate of drug-likeness (QED) is 0.819. The van der Waals surface area contributed by atoms with Crippen LogP contribution in [0.25, 0.3) is 17.2 Å². The second-order valence-electron chi connectivity index (χ2n) is 7.05. The second kappa shape index (κ2) is 6.79. The molecular weight excluding hydrogens is 313 g/mol. The first-order valence-corrected chi connectivity index (χ1v) is 8.59. The molecule has 1 unspecified atom stereocenters. The number of hydrogen-bond acceptors (Lipinski definition) is 3. The molecule has 1 aliphatic rings. The van der Waals surface area contributed by atoms with Gasteiger partial charge in [-0.25, -0.2) is 4.39 Å². The molecule has 0 bridgehead atoms. The van der Waals surface area contributed by atoms with Gasteiger partial charge in [0.2, 0.25) is 0 Å². The molecule has 0 aliphatic heterocycles. The van der Waals surface area contributed by atoms with E-state index in [1.54, 1.807) is 0 Å². The van der Waals surface area contributed by atoms with Crippen LogP contribution in [0.2, 0.25) is 0 Å². The maximum Gasteiger partial charge on any atom is 0.123 e. The van der Waals surface area contributed by atoms with Gasteiger partial charge in [0, 0.05) is 43.7 Å². The van der Waals surface area contributed by atoms with E-state index in [1.807, 2.05) is 32.4 Å². The van der Waals surface area contributed by atoms with Gasteiger partial charge in [-0.2, -0.15) is 0 Å². The van der Waals surface area contributed by atoms with Gasteiger partial charge in [-0.1, -0.05) is 26.0 Å². The van der Waals surface area contributed by atoms with Crippen molar-refractivity contribution in [1.82, 2.24) is 9.88 Å². The Bertz CT molecular complexity index is 820. The summed E-state index contributed by atoms with van der Waals surface area (Å²) in [6.07, 6.45) is 6.33. The lowest BCUT2D eigenvalue weighted by molar-refractivity contribution is 0.463.